The standard InChI is InChI=1S/C11H19NO3.Li/c1-3-4-5-6-7-8-10(13)12(2)9-11(14)15;/h5-6H,3-4,7-9H2,1-2H3,(H,14,15);/q;+1/p-1/b6-5+;. The van der Waals surface area contributed by atoms with Crippen LogP contribution in [0.15, 0.2) is 12.2 Å². The van der Waals surface area contributed by atoms with Gasteiger partial charge in [0, 0.05) is 13.5 Å². The van der Waals surface area contributed by atoms with Crippen LogP contribution in [0.5, 0.6) is 0 Å². The van der Waals surface area contributed by atoms with E-state index in [1.807, 2.05) is 12.2 Å². The van der Waals surface area contributed by atoms with Crippen molar-refractivity contribution in [2.75, 3.05) is 13.6 Å². The smallest absolute Gasteiger partial charge is 0.548 e. The third-order valence-corrected chi connectivity index (χ3v) is 1.94. The molecular weight excluding hydrogens is 201 g/mol. The Balaban J connectivity index is 0. The zero-order valence-corrected chi connectivity index (χ0v) is 10.4. The third kappa shape index (κ3) is 9.82. The van der Waals surface area contributed by atoms with Crippen LogP contribution in [0.1, 0.15) is 32.6 Å². The Morgan fingerprint density at radius 1 is 1.25 bits per heavy atom. The van der Waals surface area contributed by atoms with Gasteiger partial charge in [0.25, 0.3) is 0 Å². The van der Waals surface area contributed by atoms with Crippen LogP contribution in [-0.4, -0.2) is 30.4 Å². The number of nitrogens with zero attached hydrogens (tertiary/aromatic N) is 1. The van der Waals surface area contributed by atoms with Gasteiger partial charge in [0.15, 0.2) is 0 Å². The van der Waals surface area contributed by atoms with Crippen LogP contribution in [0.3, 0.4) is 0 Å². The van der Waals surface area contributed by atoms with E-state index >= 15 is 0 Å². The molecule has 0 aromatic rings. The summed E-state index contributed by atoms with van der Waals surface area (Å²) < 4.78 is 0. The monoisotopic (exact) mass is 219 g/mol. The van der Waals surface area contributed by atoms with Gasteiger partial charge in [-0.2, -0.15) is 0 Å². The molecule has 0 spiro atoms. The predicted octanol–water partition coefficient (Wildman–Crippen LogP) is -2.66. The van der Waals surface area contributed by atoms with E-state index in [1.54, 1.807) is 0 Å². The molecule has 0 fully saturated rings. The maximum absolute atomic E-state index is 11.3. The van der Waals surface area contributed by atoms with Gasteiger partial charge < -0.3 is 14.8 Å². The number of hydrogen-bond donors (Lipinski definition) is 0. The molecule has 0 unspecified atom stereocenters. The number of carbonyl (C=O) groups excluding carboxylic acids is 2. The molecule has 0 saturated heterocycles. The van der Waals surface area contributed by atoms with E-state index in [-0.39, 0.29) is 31.3 Å². The molecule has 0 N–H and O–H groups in total. The molecule has 0 aromatic carbocycles. The number of rotatable bonds is 7. The van der Waals surface area contributed by atoms with Crippen LogP contribution in [-0.2, 0) is 9.59 Å². The third-order valence-electron chi connectivity index (χ3n) is 1.94. The predicted molar refractivity (Wildman–Crippen MR) is 55.9 cm³/mol. The first kappa shape index (κ1) is 17.7. The van der Waals surface area contributed by atoms with Gasteiger partial charge in [0.05, 0.1) is 12.5 Å². The van der Waals surface area contributed by atoms with Crippen molar-refractivity contribution in [2.45, 2.75) is 32.6 Å². The molecule has 0 aromatic heterocycles. The topological polar surface area (TPSA) is 60.4 Å². The minimum Gasteiger partial charge on any atom is -0.548 e. The summed E-state index contributed by atoms with van der Waals surface area (Å²) in [7, 11) is 1.47. The SMILES string of the molecule is CCC/C=C/CCC(=O)N(C)CC(=O)[O-].[Li+]. The van der Waals surface area contributed by atoms with Gasteiger partial charge in [-0.1, -0.05) is 25.5 Å². The second-order valence-electron chi connectivity index (χ2n) is 3.42. The molecule has 16 heavy (non-hydrogen) atoms. The fourth-order valence-corrected chi connectivity index (χ4v) is 1.08. The zero-order chi connectivity index (χ0) is 11.7. The Bertz CT molecular complexity index is 241. The summed E-state index contributed by atoms with van der Waals surface area (Å²) in [5.41, 5.74) is 0. The molecule has 0 aliphatic heterocycles. The summed E-state index contributed by atoms with van der Waals surface area (Å²) in [5.74, 6) is -1.40. The van der Waals surface area contributed by atoms with Crippen LogP contribution in [0, 0.1) is 0 Å². The summed E-state index contributed by atoms with van der Waals surface area (Å²) in [6.07, 6.45) is 7.11. The second-order valence-corrected chi connectivity index (χ2v) is 3.42. The summed E-state index contributed by atoms with van der Waals surface area (Å²) >= 11 is 0. The molecule has 5 heteroatoms. The van der Waals surface area contributed by atoms with Gasteiger partial charge in [-0.25, -0.2) is 0 Å². The Labute approximate surface area is 109 Å². The van der Waals surface area contributed by atoms with E-state index in [2.05, 4.69) is 6.92 Å². The number of unbranched alkanes of at least 4 members (excludes halogenated alkanes) is 1. The molecule has 4 nitrogen and oxygen atoms in total. The van der Waals surface area contributed by atoms with Gasteiger partial charge in [0.1, 0.15) is 0 Å². The Kier molecular flexibility index (Phi) is 11.9. The average molecular weight is 219 g/mol. The molecule has 0 aliphatic rings. The Morgan fingerprint density at radius 2 is 1.81 bits per heavy atom. The summed E-state index contributed by atoms with van der Waals surface area (Å²) in [5, 5.41) is 10.2. The van der Waals surface area contributed by atoms with E-state index in [1.165, 1.54) is 11.9 Å². The van der Waals surface area contributed by atoms with Gasteiger partial charge in [-0.15, -0.1) is 0 Å². The van der Waals surface area contributed by atoms with E-state index in [4.69, 9.17) is 0 Å². The number of carbonyl (C=O) groups is 2. The van der Waals surface area contributed by atoms with Crippen LogP contribution in [0.4, 0.5) is 0 Å². The van der Waals surface area contributed by atoms with Crippen molar-refractivity contribution in [2.24, 2.45) is 0 Å². The number of hydrogen-bond acceptors (Lipinski definition) is 3. The number of allylic oxidation sites excluding steroid dienone is 2. The molecule has 1 amide bonds. The van der Waals surface area contributed by atoms with Crippen LogP contribution in [0.2, 0.25) is 0 Å². The summed E-state index contributed by atoms with van der Waals surface area (Å²) in [6, 6.07) is 0. The normalized spacial score (nSPS) is 9.88. The molecule has 86 valence electrons. The molecule has 0 atom stereocenters. The fraction of sp³-hybridized carbons (Fsp3) is 0.636. The van der Waals surface area contributed by atoms with E-state index in [0.29, 0.717) is 12.8 Å². The molecule has 0 heterocycles. The van der Waals surface area contributed by atoms with Crippen molar-refractivity contribution >= 4 is 11.9 Å². The minimum atomic E-state index is -1.23. The fourth-order valence-electron chi connectivity index (χ4n) is 1.08. The first-order valence-electron chi connectivity index (χ1n) is 5.16. The molecule has 0 rings (SSSR count). The first-order valence-corrected chi connectivity index (χ1v) is 5.16. The van der Waals surface area contributed by atoms with Gasteiger partial charge in [0.2, 0.25) is 5.91 Å². The van der Waals surface area contributed by atoms with Crippen molar-refractivity contribution in [3.05, 3.63) is 12.2 Å². The van der Waals surface area contributed by atoms with Crippen molar-refractivity contribution in [1.82, 2.24) is 4.90 Å². The van der Waals surface area contributed by atoms with Crippen molar-refractivity contribution in [3.63, 3.8) is 0 Å². The number of carboxylic acids is 1. The van der Waals surface area contributed by atoms with Crippen molar-refractivity contribution < 1.29 is 33.6 Å². The summed E-state index contributed by atoms with van der Waals surface area (Å²) in [6.45, 7) is 1.75. The zero-order valence-electron chi connectivity index (χ0n) is 10.4. The number of carboxylic acid groups (broad SMARTS) is 1. The maximum Gasteiger partial charge on any atom is 1.00 e. The molecule has 0 saturated carbocycles. The van der Waals surface area contributed by atoms with E-state index < -0.39 is 5.97 Å². The van der Waals surface area contributed by atoms with E-state index in [0.717, 1.165) is 12.8 Å². The maximum atomic E-state index is 11.3. The van der Waals surface area contributed by atoms with Gasteiger partial charge in [-0.3, -0.25) is 4.79 Å². The number of amides is 1. The van der Waals surface area contributed by atoms with Crippen LogP contribution >= 0.6 is 0 Å². The minimum absolute atomic E-state index is 0. The van der Waals surface area contributed by atoms with Crippen molar-refractivity contribution in [1.29, 1.82) is 0 Å². The first-order chi connectivity index (χ1) is 7.07. The summed E-state index contributed by atoms with van der Waals surface area (Å²) in [4.78, 5) is 22.7. The quantitative estimate of drug-likeness (QED) is 0.347. The van der Waals surface area contributed by atoms with Crippen molar-refractivity contribution in [3.8, 4) is 0 Å². The Hall–Kier alpha value is -0.723. The number of aliphatic carboxylic acids is 1. The van der Waals surface area contributed by atoms with E-state index in [9.17, 15) is 14.7 Å². The number of likely N-dealkylation sites (N-methyl/N-ethyl adjacent to an activating group) is 1. The molecule has 0 radical (unpaired) electrons. The second kappa shape index (κ2) is 10.8. The average Bonchev–Trinajstić information content (AvgIpc) is 2.16. The van der Waals surface area contributed by atoms with Crippen LogP contribution < -0.4 is 24.0 Å². The molecule has 0 bridgehead atoms. The van der Waals surface area contributed by atoms with Gasteiger partial charge >= 0.3 is 18.9 Å². The van der Waals surface area contributed by atoms with Gasteiger partial charge in [-0.05, 0) is 12.8 Å². The Morgan fingerprint density at radius 3 is 2.31 bits per heavy atom. The molecular formula is C11H18LiNO3. The van der Waals surface area contributed by atoms with Crippen LogP contribution in [0.25, 0.3) is 0 Å². The molecule has 0 aliphatic carbocycles. The largest absolute Gasteiger partial charge is 1.00 e.